The molecule has 2 amide bonds. The molecule has 7 nitrogen and oxygen atoms in total. The maximum absolute atomic E-state index is 14.7. The van der Waals surface area contributed by atoms with E-state index in [0.717, 1.165) is 31.4 Å². The van der Waals surface area contributed by atoms with Crippen LogP contribution in [0.3, 0.4) is 0 Å². The molecule has 3 aromatic rings. The van der Waals surface area contributed by atoms with Crippen molar-refractivity contribution in [2.24, 2.45) is 0 Å². The van der Waals surface area contributed by atoms with Crippen molar-refractivity contribution in [2.45, 2.75) is 76.5 Å². The first-order valence-electron chi connectivity index (χ1n) is 14.8. The summed E-state index contributed by atoms with van der Waals surface area (Å²) in [7, 11) is 0. The lowest BCUT2D eigenvalue weighted by atomic mass is 9.96. The minimum absolute atomic E-state index is 0.0637. The van der Waals surface area contributed by atoms with Gasteiger partial charge in [0, 0.05) is 43.1 Å². The van der Waals surface area contributed by atoms with Gasteiger partial charge in [0.25, 0.3) is 6.43 Å². The standard InChI is InChI=1S/C31H33F6N5O2/c1-19-23-18-41(26-11-4-5-16-44-26)38-29(23)40(17-20-7-2-3-9-24(20)31(35,36)37)30(43)42(19)21-12-14-39(15-13-21)27-22(28(33)34)8-6-10-25(27)32/h2-3,6-10,18-19,21,26,28H,4-5,11-17H2,1H3. The quantitative estimate of drug-likeness (QED) is 0.263. The van der Waals surface area contributed by atoms with Gasteiger partial charge >= 0.3 is 12.2 Å². The number of halogens is 6. The monoisotopic (exact) mass is 621 g/mol. The number of carbonyl (C=O) groups is 1. The zero-order valence-corrected chi connectivity index (χ0v) is 24.1. The number of para-hydroxylation sites is 1. The molecule has 2 fully saturated rings. The van der Waals surface area contributed by atoms with Gasteiger partial charge in [0.1, 0.15) is 12.0 Å². The molecular formula is C31H33F6N5O2. The minimum Gasteiger partial charge on any atom is -0.369 e. The lowest BCUT2D eigenvalue weighted by Crippen LogP contribution is -2.55. The van der Waals surface area contributed by atoms with Crippen LogP contribution in [-0.2, 0) is 17.5 Å². The van der Waals surface area contributed by atoms with Crippen molar-refractivity contribution in [1.29, 1.82) is 0 Å². The summed E-state index contributed by atoms with van der Waals surface area (Å²) < 4.78 is 91.5. The Morgan fingerprint density at radius 1 is 1.02 bits per heavy atom. The van der Waals surface area contributed by atoms with Gasteiger partial charge < -0.3 is 14.5 Å². The molecular weight excluding hydrogens is 588 g/mol. The fourth-order valence-corrected chi connectivity index (χ4v) is 6.66. The second-order valence-electron chi connectivity index (χ2n) is 11.5. The maximum atomic E-state index is 14.7. The predicted molar refractivity (Wildman–Crippen MR) is 151 cm³/mol. The van der Waals surface area contributed by atoms with Crippen LogP contribution < -0.4 is 9.80 Å². The first kappa shape index (κ1) is 30.3. The number of alkyl halides is 5. The molecule has 0 aliphatic carbocycles. The van der Waals surface area contributed by atoms with E-state index < -0.39 is 36.1 Å². The normalized spacial score (nSPS) is 21.7. The third kappa shape index (κ3) is 5.62. The molecule has 3 aliphatic rings. The minimum atomic E-state index is -4.61. The number of benzene rings is 2. The molecule has 13 heteroatoms. The molecule has 0 spiro atoms. The number of urea groups is 1. The Bertz CT molecular complexity index is 1500. The van der Waals surface area contributed by atoms with E-state index in [2.05, 4.69) is 5.10 Å². The van der Waals surface area contributed by atoms with E-state index >= 15 is 0 Å². The zero-order chi connectivity index (χ0) is 31.2. The average Bonchev–Trinajstić information content (AvgIpc) is 3.46. The first-order valence-corrected chi connectivity index (χ1v) is 14.8. The second-order valence-corrected chi connectivity index (χ2v) is 11.5. The van der Waals surface area contributed by atoms with Crippen LogP contribution in [-0.4, -0.2) is 46.4 Å². The van der Waals surface area contributed by atoms with E-state index in [1.807, 2.05) is 13.1 Å². The van der Waals surface area contributed by atoms with E-state index in [-0.39, 0.29) is 54.5 Å². The number of hydrogen-bond acceptors (Lipinski definition) is 4. The van der Waals surface area contributed by atoms with Crippen LogP contribution in [0.25, 0.3) is 0 Å². The molecule has 2 unspecified atom stereocenters. The predicted octanol–water partition coefficient (Wildman–Crippen LogP) is 7.85. The van der Waals surface area contributed by atoms with Crippen molar-refractivity contribution >= 4 is 17.5 Å². The average molecular weight is 622 g/mol. The fourth-order valence-electron chi connectivity index (χ4n) is 6.66. The van der Waals surface area contributed by atoms with Gasteiger partial charge in [-0.25, -0.2) is 22.6 Å². The molecule has 0 saturated carbocycles. The Kier molecular flexibility index (Phi) is 8.25. The summed E-state index contributed by atoms with van der Waals surface area (Å²) in [5, 5.41) is 4.68. The molecule has 44 heavy (non-hydrogen) atoms. The second kappa shape index (κ2) is 12.0. The summed E-state index contributed by atoms with van der Waals surface area (Å²) in [4.78, 5) is 18.7. The van der Waals surface area contributed by atoms with E-state index in [1.165, 1.54) is 35.2 Å². The molecule has 0 radical (unpaired) electrons. The van der Waals surface area contributed by atoms with Crippen molar-refractivity contribution in [3.05, 3.63) is 76.7 Å². The number of fused-ring (bicyclic) bond motifs is 1. The van der Waals surface area contributed by atoms with Crippen LogP contribution in [0.1, 0.15) is 80.0 Å². The molecule has 2 aromatic carbocycles. The third-order valence-corrected chi connectivity index (χ3v) is 8.84. The first-order chi connectivity index (χ1) is 21.0. The van der Waals surface area contributed by atoms with Crippen molar-refractivity contribution in [3.63, 3.8) is 0 Å². The van der Waals surface area contributed by atoms with Crippen molar-refractivity contribution < 1.29 is 35.9 Å². The van der Waals surface area contributed by atoms with Gasteiger partial charge in [-0.3, -0.25) is 4.90 Å². The molecule has 0 N–H and O–H groups in total. The van der Waals surface area contributed by atoms with Crippen LogP contribution in [0.5, 0.6) is 0 Å². The molecule has 4 heterocycles. The van der Waals surface area contributed by atoms with Crippen LogP contribution in [0.2, 0.25) is 0 Å². The summed E-state index contributed by atoms with van der Waals surface area (Å²) in [5.74, 6) is -0.449. The van der Waals surface area contributed by atoms with Crippen LogP contribution in [0.4, 0.5) is 42.6 Å². The summed E-state index contributed by atoms with van der Waals surface area (Å²) in [6.45, 7) is 2.51. The van der Waals surface area contributed by atoms with Crippen molar-refractivity contribution in [1.82, 2.24) is 14.7 Å². The number of carbonyl (C=O) groups excluding carboxylic acids is 1. The highest BCUT2D eigenvalue weighted by Gasteiger charge is 2.44. The largest absolute Gasteiger partial charge is 0.416 e. The number of piperidine rings is 1. The Morgan fingerprint density at radius 2 is 1.77 bits per heavy atom. The zero-order valence-electron chi connectivity index (χ0n) is 24.1. The number of nitrogens with zero attached hydrogens (tertiary/aromatic N) is 5. The summed E-state index contributed by atoms with van der Waals surface area (Å²) in [6, 6.07) is 7.44. The van der Waals surface area contributed by atoms with Gasteiger partial charge in [-0.1, -0.05) is 30.3 Å². The highest BCUT2D eigenvalue weighted by molar-refractivity contribution is 5.94. The summed E-state index contributed by atoms with van der Waals surface area (Å²) >= 11 is 0. The Labute approximate surface area is 251 Å². The molecule has 236 valence electrons. The number of rotatable bonds is 6. The SMILES string of the molecule is CC1c2cn(C3CCCCO3)nc2N(Cc2ccccc2C(F)(F)F)C(=O)N1C1CCN(c2c(F)cccc2C(F)F)CC1. The van der Waals surface area contributed by atoms with Crippen molar-refractivity contribution in [2.75, 3.05) is 29.5 Å². The number of amides is 2. The van der Waals surface area contributed by atoms with Crippen molar-refractivity contribution in [3.8, 4) is 0 Å². The van der Waals surface area contributed by atoms with Crippen LogP contribution in [0.15, 0.2) is 48.7 Å². The number of ether oxygens (including phenoxy) is 1. The lowest BCUT2D eigenvalue weighted by Gasteiger charge is -2.46. The molecule has 6 rings (SSSR count). The van der Waals surface area contributed by atoms with E-state index in [4.69, 9.17) is 4.74 Å². The summed E-state index contributed by atoms with van der Waals surface area (Å²) in [6.07, 6.45) is -2.71. The van der Waals surface area contributed by atoms with E-state index in [0.29, 0.717) is 25.0 Å². The number of aromatic nitrogens is 2. The Hall–Kier alpha value is -3.74. The highest BCUT2D eigenvalue weighted by atomic mass is 19.4. The fraction of sp³-hybridized carbons (Fsp3) is 0.484. The third-order valence-electron chi connectivity index (χ3n) is 8.84. The Morgan fingerprint density at radius 3 is 2.45 bits per heavy atom. The van der Waals surface area contributed by atoms with Crippen LogP contribution >= 0.6 is 0 Å². The number of hydrogen-bond donors (Lipinski definition) is 0. The summed E-state index contributed by atoms with van der Waals surface area (Å²) in [5.41, 5.74) is -0.740. The maximum Gasteiger partial charge on any atom is 0.416 e. The van der Waals surface area contributed by atoms with Gasteiger partial charge in [-0.15, -0.1) is 0 Å². The lowest BCUT2D eigenvalue weighted by molar-refractivity contribution is -0.138. The molecule has 0 bridgehead atoms. The van der Waals surface area contributed by atoms with E-state index in [9.17, 15) is 31.1 Å². The van der Waals surface area contributed by atoms with Gasteiger partial charge in [0.2, 0.25) is 0 Å². The highest BCUT2D eigenvalue weighted by Crippen LogP contribution is 2.42. The topological polar surface area (TPSA) is 53.8 Å². The molecule has 1 aromatic heterocycles. The Balaban J connectivity index is 1.32. The van der Waals surface area contributed by atoms with E-state index in [1.54, 1.807) is 14.5 Å². The van der Waals surface area contributed by atoms with Crippen LogP contribution in [0, 0.1) is 5.82 Å². The smallest absolute Gasteiger partial charge is 0.369 e. The number of anilines is 2. The van der Waals surface area contributed by atoms with Gasteiger partial charge in [0.05, 0.1) is 23.8 Å². The molecule has 3 aliphatic heterocycles. The molecule has 2 saturated heterocycles. The molecule has 2 atom stereocenters. The van der Waals surface area contributed by atoms with Gasteiger partial charge in [-0.2, -0.15) is 18.3 Å². The van der Waals surface area contributed by atoms with Gasteiger partial charge in [-0.05, 0) is 56.7 Å². The van der Waals surface area contributed by atoms with Gasteiger partial charge in [0.15, 0.2) is 5.82 Å².